The van der Waals surface area contributed by atoms with Crippen LogP contribution in [0.1, 0.15) is 31.1 Å². The third-order valence-corrected chi connectivity index (χ3v) is 6.81. The van der Waals surface area contributed by atoms with Crippen molar-refractivity contribution in [2.45, 2.75) is 14.7 Å². The molecule has 0 spiro atoms. The topological polar surface area (TPSA) is 292 Å². The Hall–Kier alpha value is -3.14. The second-order valence-electron chi connectivity index (χ2n) is 6.71. The van der Waals surface area contributed by atoms with E-state index in [1.165, 1.54) is 36.4 Å². The predicted octanol–water partition coefficient (Wildman–Crippen LogP) is -3.90. The standard InChI is InChI=1S/3C7H6O5S.2Al/c3*8-7(9)5-3-1-2-4-6(5)13(10,11)12;;/h3*1-4H,(H,8,9)(H,10,11,12);;/q;;;2*+3/p-6. The first-order valence-electron chi connectivity index (χ1n) is 9.57. The maximum Gasteiger partial charge on any atom is 3.00 e. The first kappa shape index (κ1) is 40.0. The summed E-state index contributed by atoms with van der Waals surface area (Å²) >= 11 is 0. The zero-order chi connectivity index (χ0) is 30.2. The van der Waals surface area contributed by atoms with E-state index in [1.807, 2.05) is 0 Å². The van der Waals surface area contributed by atoms with E-state index in [0.717, 1.165) is 36.4 Å². The number of rotatable bonds is 6. The fraction of sp³-hybridized carbons (Fsp3) is 0. The Morgan fingerprint density at radius 3 is 0.707 bits per heavy atom. The second kappa shape index (κ2) is 16.3. The molecule has 0 saturated heterocycles. The van der Waals surface area contributed by atoms with Crippen molar-refractivity contribution in [1.29, 1.82) is 0 Å². The van der Waals surface area contributed by atoms with Gasteiger partial charge in [0.15, 0.2) is 0 Å². The molecule has 0 aliphatic carbocycles. The van der Waals surface area contributed by atoms with E-state index in [9.17, 15) is 68.6 Å². The summed E-state index contributed by atoms with van der Waals surface area (Å²) in [6, 6.07) is 13.5. The number of hydrogen-bond acceptors (Lipinski definition) is 15. The van der Waals surface area contributed by atoms with Crippen LogP contribution in [0.15, 0.2) is 87.5 Å². The molecule has 0 unspecified atom stereocenters. The molecule has 0 fully saturated rings. The van der Waals surface area contributed by atoms with Gasteiger partial charge in [-0.05, 0) is 18.2 Å². The average molecular weight is 654 g/mol. The Morgan fingerprint density at radius 1 is 0.415 bits per heavy atom. The number of carboxylic acid groups (broad SMARTS) is 3. The van der Waals surface area contributed by atoms with Gasteiger partial charge < -0.3 is 43.4 Å². The van der Waals surface area contributed by atoms with Crippen molar-refractivity contribution in [3.05, 3.63) is 89.5 Å². The Morgan fingerprint density at radius 2 is 0.585 bits per heavy atom. The van der Waals surface area contributed by atoms with Crippen molar-refractivity contribution in [3.63, 3.8) is 0 Å². The number of carbonyl (C=O) groups excluding carboxylic acids is 3. The zero-order valence-corrected chi connectivity index (χ0v) is 24.7. The van der Waals surface area contributed by atoms with Gasteiger partial charge in [-0.25, -0.2) is 25.3 Å². The van der Waals surface area contributed by atoms with Crippen LogP contribution in [0.5, 0.6) is 0 Å². The van der Waals surface area contributed by atoms with E-state index in [4.69, 9.17) is 0 Å². The molecular formula is C21H12Al2O15S3. The molecule has 0 atom stereocenters. The molecule has 3 aromatic rings. The quantitative estimate of drug-likeness (QED) is 0.181. The number of carboxylic acids is 3. The van der Waals surface area contributed by atoms with E-state index in [2.05, 4.69) is 0 Å². The summed E-state index contributed by atoms with van der Waals surface area (Å²) < 4.78 is 94.6. The van der Waals surface area contributed by atoms with Crippen molar-refractivity contribution < 1.29 is 68.6 Å². The molecule has 0 radical (unpaired) electrons. The van der Waals surface area contributed by atoms with E-state index >= 15 is 0 Å². The van der Waals surface area contributed by atoms with Crippen LogP contribution in [0.4, 0.5) is 0 Å². The molecule has 0 bridgehead atoms. The van der Waals surface area contributed by atoms with Crippen molar-refractivity contribution in [3.8, 4) is 0 Å². The first-order chi connectivity index (χ1) is 17.8. The van der Waals surface area contributed by atoms with Gasteiger partial charge in [-0.1, -0.05) is 54.6 Å². The molecule has 210 valence electrons. The summed E-state index contributed by atoms with van der Waals surface area (Å²) in [4.78, 5) is 28.8. The van der Waals surface area contributed by atoms with Crippen molar-refractivity contribution in [1.82, 2.24) is 0 Å². The molecule has 0 aromatic heterocycles. The molecule has 41 heavy (non-hydrogen) atoms. The van der Waals surface area contributed by atoms with Crippen LogP contribution < -0.4 is 15.3 Å². The van der Waals surface area contributed by atoms with E-state index in [1.54, 1.807) is 0 Å². The monoisotopic (exact) mass is 654 g/mol. The Kier molecular flexibility index (Phi) is 15.9. The van der Waals surface area contributed by atoms with Gasteiger partial charge >= 0.3 is 34.7 Å². The van der Waals surface area contributed by atoms with Crippen LogP contribution in [-0.2, 0) is 30.4 Å². The zero-order valence-electron chi connectivity index (χ0n) is 19.9. The molecule has 3 aromatic carbocycles. The Balaban J connectivity index is 0. The largest absolute Gasteiger partial charge is 3.00 e. The van der Waals surface area contributed by atoms with Crippen LogP contribution in [0.3, 0.4) is 0 Å². The third-order valence-electron chi connectivity index (χ3n) is 4.13. The maximum atomic E-state index is 10.5. The molecule has 0 amide bonds. The van der Waals surface area contributed by atoms with Gasteiger partial charge in [-0.15, -0.1) is 0 Å². The average Bonchev–Trinajstić information content (AvgIpc) is 2.83. The normalized spacial score (nSPS) is 10.6. The van der Waals surface area contributed by atoms with Gasteiger partial charge in [0, 0.05) is 16.7 Å². The van der Waals surface area contributed by atoms with Crippen molar-refractivity contribution in [2.24, 2.45) is 0 Å². The summed E-state index contributed by atoms with van der Waals surface area (Å²) in [5.74, 6) is -5.06. The first-order valence-corrected chi connectivity index (χ1v) is 13.8. The van der Waals surface area contributed by atoms with Gasteiger partial charge in [-0.2, -0.15) is 0 Å². The number of benzene rings is 3. The van der Waals surface area contributed by atoms with Crippen LogP contribution in [0.25, 0.3) is 0 Å². The van der Waals surface area contributed by atoms with E-state index in [-0.39, 0.29) is 34.7 Å². The minimum absolute atomic E-state index is 0. The van der Waals surface area contributed by atoms with Gasteiger partial charge in [0.05, 0.1) is 32.6 Å². The summed E-state index contributed by atoms with van der Waals surface area (Å²) in [6.07, 6.45) is 0. The smallest absolute Gasteiger partial charge is 0.744 e. The summed E-state index contributed by atoms with van der Waals surface area (Å²) in [5.41, 5.74) is -1.84. The van der Waals surface area contributed by atoms with Crippen molar-refractivity contribution in [2.75, 3.05) is 0 Å². The molecule has 0 heterocycles. The molecule has 15 nitrogen and oxygen atoms in total. The minimum atomic E-state index is -4.75. The van der Waals surface area contributed by atoms with E-state index in [0.29, 0.717) is 0 Å². The molecule has 0 saturated carbocycles. The van der Waals surface area contributed by atoms with Gasteiger partial charge in [0.2, 0.25) is 0 Å². The summed E-state index contributed by atoms with van der Waals surface area (Å²) in [6.45, 7) is 0. The molecular weight excluding hydrogens is 642 g/mol. The second-order valence-corrected chi connectivity index (χ2v) is 10.8. The Bertz CT molecular complexity index is 1520. The predicted molar refractivity (Wildman–Crippen MR) is 128 cm³/mol. The minimum Gasteiger partial charge on any atom is -0.744 e. The third kappa shape index (κ3) is 12.5. The molecule has 0 aliphatic heterocycles. The summed E-state index contributed by atoms with van der Waals surface area (Å²) in [7, 11) is -14.2. The van der Waals surface area contributed by atoms with Gasteiger partial charge in [0.1, 0.15) is 30.4 Å². The van der Waals surface area contributed by atoms with Gasteiger partial charge in [0.25, 0.3) is 0 Å². The molecule has 3 rings (SSSR count). The molecule has 0 aliphatic rings. The van der Waals surface area contributed by atoms with Crippen LogP contribution in [0, 0.1) is 0 Å². The summed E-state index contributed by atoms with van der Waals surface area (Å²) in [5, 5.41) is 31.1. The van der Waals surface area contributed by atoms with Gasteiger partial charge in [-0.3, -0.25) is 0 Å². The maximum absolute atomic E-state index is 10.5. The molecule has 20 heteroatoms. The van der Waals surface area contributed by atoms with Crippen molar-refractivity contribution >= 4 is 83.0 Å². The fourth-order valence-corrected chi connectivity index (χ4v) is 4.56. The fourth-order valence-electron chi connectivity index (χ4n) is 2.56. The Labute approximate surface area is 254 Å². The van der Waals surface area contributed by atoms with Crippen LogP contribution in [0.2, 0.25) is 0 Å². The number of hydrogen-bond donors (Lipinski definition) is 0. The molecule has 0 N–H and O–H groups in total. The van der Waals surface area contributed by atoms with Crippen LogP contribution in [-0.4, -0.2) is 91.5 Å². The SMILES string of the molecule is O=C([O-])c1ccccc1S(=O)(=O)[O-].O=C([O-])c1ccccc1S(=O)(=O)[O-].O=C([O-])c1ccccc1S(=O)(=O)[O-].[Al+3].[Al+3]. The number of aromatic carboxylic acids is 3. The van der Waals surface area contributed by atoms with Crippen LogP contribution >= 0.6 is 0 Å². The number of carbonyl (C=O) groups is 3. The van der Waals surface area contributed by atoms with E-state index < -0.39 is 79.6 Å².